The summed E-state index contributed by atoms with van der Waals surface area (Å²) in [6.07, 6.45) is 3.53. The molecular weight excluding hydrogens is 312 g/mol. The van der Waals surface area contributed by atoms with Gasteiger partial charge < -0.3 is 10.1 Å². The van der Waals surface area contributed by atoms with Gasteiger partial charge in [0.05, 0.1) is 12.8 Å². The number of piperidine rings is 1. The van der Waals surface area contributed by atoms with E-state index in [1.807, 2.05) is 55.5 Å². The van der Waals surface area contributed by atoms with E-state index in [4.69, 9.17) is 4.74 Å². The van der Waals surface area contributed by atoms with E-state index < -0.39 is 0 Å². The van der Waals surface area contributed by atoms with Crippen LogP contribution in [-0.2, 0) is 4.79 Å². The van der Waals surface area contributed by atoms with Crippen molar-refractivity contribution in [1.82, 2.24) is 4.90 Å². The standard InChI is InChI=1S/C21H26N2O2/c1-16-11-12-19(25-2)18(15-16)22-21(24)20(17-9-5-3-6-10-17)23-13-7-4-8-14-23/h3,5-6,9-12,15,20H,4,7-8,13-14H2,1-2H3,(H,22,24). The van der Waals surface area contributed by atoms with Crippen LogP contribution in [0.5, 0.6) is 5.75 Å². The summed E-state index contributed by atoms with van der Waals surface area (Å²) in [4.78, 5) is 15.5. The molecule has 1 heterocycles. The lowest BCUT2D eigenvalue weighted by molar-refractivity contribution is -0.122. The Bertz CT molecular complexity index is 709. The molecule has 1 atom stereocenters. The molecule has 0 spiro atoms. The average Bonchev–Trinajstić information content (AvgIpc) is 2.64. The molecule has 1 aliphatic heterocycles. The number of ether oxygens (including phenoxy) is 1. The first-order valence-corrected chi connectivity index (χ1v) is 8.93. The summed E-state index contributed by atoms with van der Waals surface area (Å²) in [5.74, 6) is 0.682. The van der Waals surface area contributed by atoms with E-state index in [0.717, 1.165) is 42.7 Å². The number of anilines is 1. The zero-order valence-electron chi connectivity index (χ0n) is 15.0. The van der Waals surface area contributed by atoms with E-state index in [9.17, 15) is 4.79 Å². The second-order valence-corrected chi connectivity index (χ2v) is 6.60. The minimum absolute atomic E-state index is 0.00278. The second kappa shape index (κ2) is 8.17. The Morgan fingerprint density at radius 2 is 1.80 bits per heavy atom. The summed E-state index contributed by atoms with van der Waals surface area (Å²) >= 11 is 0. The first kappa shape index (κ1) is 17.5. The largest absolute Gasteiger partial charge is 0.495 e. The number of nitrogens with zero attached hydrogens (tertiary/aromatic N) is 1. The van der Waals surface area contributed by atoms with Gasteiger partial charge in [-0.15, -0.1) is 0 Å². The van der Waals surface area contributed by atoms with Crippen LogP contribution in [0.25, 0.3) is 0 Å². The van der Waals surface area contributed by atoms with Crippen molar-refractivity contribution in [2.75, 3.05) is 25.5 Å². The van der Waals surface area contributed by atoms with E-state index in [2.05, 4.69) is 10.2 Å². The molecule has 25 heavy (non-hydrogen) atoms. The van der Waals surface area contributed by atoms with Gasteiger partial charge in [0.15, 0.2) is 0 Å². The lowest BCUT2D eigenvalue weighted by Gasteiger charge is -2.34. The van der Waals surface area contributed by atoms with E-state index >= 15 is 0 Å². The smallest absolute Gasteiger partial charge is 0.246 e. The predicted molar refractivity (Wildman–Crippen MR) is 101 cm³/mol. The zero-order valence-corrected chi connectivity index (χ0v) is 15.0. The molecule has 1 fully saturated rings. The van der Waals surface area contributed by atoms with Gasteiger partial charge in [0.2, 0.25) is 5.91 Å². The Morgan fingerprint density at radius 1 is 1.08 bits per heavy atom. The highest BCUT2D eigenvalue weighted by Gasteiger charge is 2.29. The monoisotopic (exact) mass is 338 g/mol. The van der Waals surface area contributed by atoms with Crippen molar-refractivity contribution >= 4 is 11.6 Å². The minimum Gasteiger partial charge on any atom is -0.495 e. The van der Waals surface area contributed by atoms with Gasteiger partial charge in [-0.25, -0.2) is 0 Å². The van der Waals surface area contributed by atoms with Crippen molar-refractivity contribution in [3.05, 3.63) is 59.7 Å². The highest BCUT2D eigenvalue weighted by atomic mass is 16.5. The van der Waals surface area contributed by atoms with Crippen LogP contribution in [-0.4, -0.2) is 31.0 Å². The fraction of sp³-hybridized carbons (Fsp3) is 0.381. The Hall–Kier alpha value is -2.33. The number of hydrogen-bond acceptors (Lipinski definition) is 3. The maximum Gasteiger partial charge on any atom is 0.246 e. The number of hydrogen-bond donors (Lipinski definition) is 1. The first-order chi connectivity index (χ1) is 12.2. The number of methoxy groups -OCH3 is 1. The lowest BCUT2D eigenvalue weighted by atomic mass is 10.0. The third-order valence-corrected chi connectivity index (χ3v) is 4.73. The molecular formula is C21H26N2O2. The van der Waals surface area contributed by atoms with E-state index in [0.29, 0.717) is 5.75 Å². The number of carbonyl (C=O) groups excluding carboxylic acids is 1. The normalized spacial score (nSPS) is 16.2. The molecule has 1 saturated heterocycles. The van der Waals surface area contributed by atoms with Gasteiger partial charge in [0, 0.05) is 0 Å². The summed E-state index contributed by atoms with van der Waals surface area (Å²) in [6.45, 7) is 3.92. The van der Waals surface area contributed by atoms with Crippen LogP contribution in [0, 0.1) is 6.92 Å². The SMILES string of the molecule is COc1ccc(C)cc1NC(=O)C(c1ccccc1)N1CCCCC1. The van der Waals surface area contributed by atoms with Gasteiger partial charge in [0.25, 0.3) is 0 Å². The van der Waals surface area contributed by atoms with E-state index in [1.54, 1.807) is 7.11 Å². The molecule has 2 aromatic rings. The maximum absolute atomic E-state index is 13.2. The molecule has 0 saturated carbocycles. The summed E-state index contributed by atoms with van der Waals surface area (Å²) in [6, 6.07) is 15.6. The molecule has 3 rings (SSSR count). The number of carbonyl (C=O) groups is 1. The topological polar surface area (TPSA) is 41.6 Å². The highest BCUT2D eigenvalue weighted by Crippen LogP contribution is 2.29. The highest BCUT2D eigenvalue weighted by molar-refractivity contribution is 5.96. The van der Waals surface area contributed by atoms with Crippen molar-refractivity contribution in [3.8, 4) is 5.75 Å². The van der Waals surface area contributed by atoms with Crippen molar-refractivity contribution in [1.29, 1.82) is 0 Å². The van der Waals surface area contributed by atoms with Crippen molar-refractivity contribution in [3.63, 3.8) is 0 Å². The van der Waals surface area contributed by atoms with Crippen LogP contribution in [0.2, 0.25) is 0 Å². The molecule has 1 unspecified atom stereocenters. The molecule has 0 radical (unpaired) electrons. The van der Waals surface area contributed by atoms with Gasteiger partial charge in [-0.3, -0.25) is 9.69 Å². The first-order valence-electron chi connectivity index (χ1n) is 8.93. The van der Waals surface area contributed by atoms with Crippen LogP contribution in [0.3, 0.4) is 0 Å². The summed E-state index contributed by atoms with van der Waals surface area (Å²) < 4.78 is 5.40. The van der Waals surface area contributed by atoms with Gasteiger partial charge >= 0.3 is 0 Å². The van der Waals surface area contributed by atoms with Crippen LogP contribution in [0.1, 0.15) is 36.4 Å². The molecule has 1 aliphatic rings. The maximum atomic E-state index is 13.2. The van der Waals surface area contributed by atoms with Crippen molar-refractivity contribution in [2.45, 2.75) is 32.2 Å². The van der Waals surface area contributed by atoms with Gasteiger partial charge in [-0.2, -0.15) is 0 Å². The van der Waals surface area contributed by atoms with Crippen molar-refractivity contribution < 1.29 is 9.53 Å². The van der Waals surface area contributed by atoms with Crippen LogP contribution in [0.4, 0.5) is 5.69 Å². The summed E-state index contributed by atoms with van der Waals surface area (Å²) in [7, 11) is 1.62. The van der Waals surface area contributed by atoms with Crippen molar-refractivity contribution in [2.24, 2.45) is 0 Å². The fourth-order valence-electron chi connectivity index (χ4n) is 3.46. The number of aryl methyl sites for hydroxylation is 1. The Kier molecular flexibility index (Phi) is 5.71. The predicted octanol–water partition coefficient (Wildman–Crippen LogP) is 4.17. The molecule has 1 amide bonds. The summed E-state index contributed by atoms with van der Waals surface area (Å²) in [5.41, 5.74) is 2.85. The number of rotatable bonds is 5. The number of likely N-dealkylation sites (tertiary alicyclic amines) is 1. The summed E-state index contributed by atoms with van der Waals surface area (Å²) in [5, 5.41) is 3.09. The quantitative estimate of drug-likeness (QED) is 0.890. The molecule has 0 aliphatic carbocycles. The molecule has 1 N–H and O–H groups in total. The third-order valence-electron chi connectivity index (χ3n) is 4.73. The minimum atomic E-state index is -0.272. The second-order valence-electron chi connectivity index (χ2n) is 6.60. The zero-order chi connectivity index (χ0) is 17.6. The van der Waals surface area contributed by atoms with Gasteiger partial charge in [-0.1, -0.05) is 42.8 Å². The van der Waals surface area contributed by atoms with E-state index in [1.165, 1.54) is 6.42 Å². The molecule has 4 nitrogen and oxygen atoms in total. The molecule has 132 valence electrons. The van der Waals surface area contributed by atoms with Gasteiger partial charge in [0.1, 0.15) is 11.8 Å². The van der Waals surface area contributed by atoms with Crippen LogP contribution >= 0.6 is 0 Å². The fourth-order valence-corrected chi connectivity index (χ4v) is 3.46. The lowest BCUT2D eigenvalue weighted by Crippen LogP contribution is -2.40. The third kappa shape index (κ3) is 4.20. The van der Waals surface area contributed by atoms with Crippen LogP contribution in [0.15, 0.2) is 48.5 Å². The van der Waals surface area contributed by atoms with Crippen LogP contribution < -0.4 is 10.1 Å². The molecule has 4 heteroatoms. The molecule has 0 bridgehead atoms. The number of amides is 1. The Morgan fingerprint density at radius 3 is 2.48 bits per heavy atom. The van der Waals surface area contributed by atoms with E-state index in [-0.39, 0.29) is 11.9 Å². The average molecular weight is 338 g/mol. The molecule has 0 aromatic heterocycles. The number of nitrogens with one attached hydrogen (secondary N) is 1. The Balaban J connectivity index is 1.88. The number of benzene rings is 2. The van der Waals surface area contributed by atoms with Gasteiger partial charge in [-0.05, 0) is 56.1 Å². The molecule has 2 aromatic carbocycles. The Labute approximate surface area is 149 Å².